The van der Waals surface area contributed by atoms with Crippen molar-refractivity contribution >= 4 is 28.4 Å². The number of aliphatic hydroxyl groups excluding tert-OH is 1. The highest BCUT2D eigenvalue weighted by Gasteiger charge is 2.23. The Labute approximate surface area is 197 Å². The molecule has 6 heteroatoms. The first-order valence-electron chi connectivity index (χ1n) is 10.9. The quantitative estimate of drug-likeness (QED) is 0.310. The van der Waals surface area contributed by atoms with E-state index in [1.54, 1.807) is 24.3 Å². The lowest BCUT2D eigenvalue weighted by atomic mass is 9.97. The molecular formula is C27H26ClNO4. The van der Waals surface area contributed by atoms with E-state index >= 15 is 0 Å². The topological polar surface area (TPSA) is 71.7 Å². The summed E-state index contributed by atoms with van der Waals surface area (Å²) in [7, 11) is 0. The lowest BCUT2D eigenvalue weighted by Crippen LogP contribution is -2.35. The van der Waals surface area contributed by atoms with Gasteiger partial charge >= 0.3 is 0 Å². The third kappa shape index (κ3) is 5.45. The Balaban J connectivity index is 1.66. The number of halogens is 1. The van der Waals surface area contributed by atoms with E-state index in [4.69, 9.17) is 20.8 Å². The minimum atomic E-state index is -0.635. The van der Waals surface area contributed by atoms with Gasteiger partial charge in [0.05, 0.1) is 5.56 Å². The second-order valence-electron chi connectivity index (χ2n) is 8.19. The fourth-order valence-electron chi connectivity index (χ4n) is 3.57. The molecule has 1 atom stereocenters. The number of furan rings is 1. The number of ketones is 1. The Kier molecular flexibility index (Phi) is 7.14. The van der Waals surface area contributed by atoms with Crippen molar-refractivity contribution in [3.05, 3.63) is 88.9 Å². The first-order valence-corrected chi connectivity index (χ1v) is 11.3. The van der Waals surface area contributed by atoms with E-state index in [1.807, 2.05) is 62.4 Å². The second-order valence-corrected chi connectivity index (χ2v) is 8.63. The number of carbonyl (C=O) groups excluding carboxylic acids is 1. The zero-order valence-electron chi connectivity index (χ0n) is 18.5. The van der Waals surface area contributed by atoms with Crippen LogP contribution in [0.4, 0.5) is 0 Å². The number of hydrogen-bond donors (Lipinski definition) is 2. The van der Waals surface area contributed by atoms with Crippen LogP contribution in [0.1, 0.15) is 29.8 Å². The molecule has 0 aliphatic rings. The Morgan fingerprint density at radius 2 is 1.82 bits per heavy atom. The van der Waals surface area contributed by atoms with Crippen LogP contribution in [-0.2, 0) is 0 Å². The maximum Gasteiger partial charge on any atom is 0.197 e. The van der Waals surface area contributed by atoms with Gasteiger partial charge in [-0.05, 0) is 42.5 Å². The van der Waals surface area contributed by atoms with E-state index in [9.17, 15) is 9.90 Å². The number of aliphatic hydroxyl groups is 1. The predicted molar refractivity (Wildman–Crippen MR) is 131 cm³/mol. The van der Waals surface area contributed by atoms with Crippen LogP contribution in [0.25, 0.3) is 22.3 Å². The molecule has 0 aliphatic heterocycles. The van der Waals surface area contributed by atoms with E-state index in [-0.39, 0.29) is 18.4 Å². The number of para-hydroxylation sites is 1. The summed E-state index contributed by atoms with van der Waals surface area (Å²) in [6.07, 6.45) is -0.635. The lowest BCUT2D eigenvalue weighted by Gasteiger charge is -2.15. The zero-order valence-corrected chi connectivity index (χ0v) is 19.3. The Morgan fingerprint density at radius 3 is 2.58 bits per heavy atom. The molecule has 5 nitrogen and oxygen atoms in total. The van der Waals surface area contributed by atoms with Crippen molar-refractivity contribution in [1.29, 1.82) is 0 Å². The number of ether oxygens (including phenoxy) is 1. The SMILES string of the molecule is CC(C)NCC(O)COc1cccc(-c2oc3ccccc3c2C(=O)c2ccc(Cl)cc2)c1. The molecule has 33 heavy (non-hydrogen) atoms. The molecule has 1 heterocycles. The third-order valence-electron chi connectivity index (χ3n) is 5.23. The predicted octanol–water partition coefficient (Wildman–Crippen LogP) is 5.72. The maximum absolute atomic E-state index is 13.5. The average Bonchev–Trinajstić information content (AvgIpc) is 3.21. The van der Waals surface area contributed by atoms with E-state index in [2.05, 4.69) is 5.32 Å². The number of carbonyl (C=O) groups is 1. The van der Waals surface area contributed by atoms with Crippen LogP contribution in [0.15, 0.2) is 77.2 Å². The third-order valence-corrected chi connectivity index (χ3v) is 5.48. The van der Waals surface area contributed by atoms with Gasteiger partial charge in [0.15, 0.2) is 5.78 Å². The van der Waals surface area contributed by atoms with Crippen molar-refractivity contribution in [3.63, 3.8) is 0 Å². The van der Waals surface area contributed by atoms with Gasteiger partial charge in [0, 0.05) is 34.1 Å². The first-order chi connectivity index (χ1) is 15.9. The molecule has 1 unspecified atom stereocenters. The van der Waals surface area contributed by atoms with Crippen LogP contribution in [-0.4, -0.2) is 36.2 Å². The molecular weight excluding hydrogens is 438 g/mol. The number of hydrogen-bond acceptors (Lipinski definition) is 5. The minimum Gasteiger partial charge on any atom is -0.491 e. The molecule has 2 N–H and O–H groups in total. The molecule has 0 aliphatic carbocycles. The Morgan fingerprint density at radius 1 is 1.06 bits per heavy atom. The first kappa shape index (κ1) is 23.1. The average molecular weight is 464 g/mol. The second kappa shape index (κ2) is 10.2. The summed E-state index contributed by atoms with van der Waals surface area (Å²) in [6, 6.07) is 21.9. The molecule has 0 fully saturated rings. The highest BCUT2D eigenvalue weighted by Crippen LogP contribution is 2.36. The van der Waals surface area contributed by atoms with E-state index in [0.717, 1.165) is 10.9 Å². The molecule has 0 amide bonds. The standard InChI is InChI=1S/C27H26ClNO4/c1-17(2)29-15-21(30)16-32-22-7-5-6-19(14-22)27-25(23-8-3-4-9-24(23)33-27)26(31)18-10-12-20(28)13-11-18/h3-14,17,21,29-30H,15-16H2,1-2H3. The van der Waals surface area contributed by atoms with Crippen molar-refractivity contribution in [1.82, 2.24) is 5.32 Å². The summed E-state index contributed by atoms with van der Waals surface area (Å²) < 4.78 is 11.9. The largest absolute Gasteiger partial charge is 0.491 e. The van der Waals surface area contributed by atoms with Gasteiger partial charge in [0.1, 0.15) is 29.8 Å². The van der Waals surface area contributed by atoms with E-state index in [1.165, 1.54) is 0 Å². The summed E-state index contributed by atoms with van der Waals surface area (Å²) >= 11 is 6.00. The van der Waals surface area contributed by atoms with Crippen molar-refractivity contribution in [2.45, 2.75) is 26.0 Å². The fraction of sp³-hybridized carbons (Fsp3) is 0.222. The van der Waals surface area contributed by atoms with Gasteiger partial charge in [-0.3, -0.25) is 4.79 Å². The van der Waals surface area contributed by atoms with E-state index in [0.29, 0.717) is 39.8 Å². The molecule has 0 radical (unpaired) electrons. The van der Waals surface area contributed by atoms with Gasteiger partial charge < -0.3 is 19.6 Å². The lowest BCUT2D eigenvalue weighted by molar-refractivity contribution is 0.104. The van der Waals surface area contributed by atoms with Gasteiger partial charge in [-0.2, -0.15) is 0 Å². The summed E-state index contributed by atoms with van der Waals surface area (Å²) in [5, 5.41) is 14.6. The molecule has 3 aromatic carbocycles. The van der Waals surface area contributed by atoms with Crippen LogP contribution in [0.5, 0.6) is 5.75 Å². The van der Waals surface area contributed by atoms with Crippen LogP contribution >= 0.6 is 11.6 Å². The van der Waals surface area contributed by atoms with Crippen LogP contribution in [0.3, 0.4) is 0 Å². The fourth-order valence-corrected chi connectivity index (χ4v) is 3.70. The highest BCUT2D eigenvalue weighted by atomic mass is 35.5. The van der Waals surface area contributed by atoms with Gasteiger partial charge in [-0.25, -0.2) is 0 Å². The molecule has 1 aromatic heterocycles. The number of nitrogens with one attached hydrogen (secondary N) is 1. The number of rotatable bonds is 9. The maximum atomic E-state index is 13.5. The van der Waals surface area contributed by atoms with Crippen molar-refractivity contribution < 1.29 is 19.1 Å². The van der Waals surface area contributed by atoms with Crippen molar-refractivity contribution in [2.24, 2.45) is 0 Å². The molecule has 0 saturated carbocycles. The number of fused-ring (bicyclic) bond motifs is 1. The van der Waals surface area contributed by atoms with Gasteiger partial charge in [-0.15, -0.1) is 0 Å². The van der Waals surface area contributed by atoms with Gasteiger partial charge in [0.25, 0.3) is 0 Å². The van der Waals surface area contributed by atoms with E-state index < -0.39 is 6.10 Å². The molecule has 0 saturated heterocycles. The summed E-state index contributed by atoms with van der Waals surface area (Å²) in [6.45, 7) is 4.64. The zero-order chi connectivity index (χ0) is 23.4. The van der Waals surface area contributed by atoms with Gasteiger partial charge in [0.2, 0.25) is 0 Å². The van der Waals surface area contributed by atoms with Crippen LogP contribution < -0.4 is 10.1 Å². The summed E-state index contributed by atoms with van der Waals surface area (Å²) in [5.74, 6) is 0.915. The summed E-state index contributed by atoms with van der Waals surface area (Å²) in [4.78, 5) is 13.5. The van der Waals surface area contributed by atoms with Crippen LogP contribution in [0.2, 0.25) is 5.02 Å². The minimum absolute atomic E-state index is 0.145. The molecule has 0 bridgehead atoms. The Bertz CT molecular complexity index is 1250. The molecule has 170 valence electrons. The van der Waals surface area contributed by atoms with Crippen LogP contribution in [0, 0.1) is 0 Å². The molecule has 4 rings (SSSR count). The monoisotopic (exact) mass is 463 g/mol. The van der Waals surface area contributed by atoms with Gasteiger partial charge in [-0.1, -0.05) is 55.8 Å². The summed E-state index contributed by atoms with van der Waals surface area (Å²) in [5.41, 5.74) is 2.37. The molecule has 4 aromatic rings. The highest BCUT2D eigenvalue weighted by molar-refractivity contribution is 6.30. The van der Waals surface area contributed by atoms with Crippen molar-refractivity contribution in [2.75, 3.05) is 13.2 Å². The molecule has 0 spiro atoms. The normalized spacial score (nSPS) is 12.3. The smallest absolute Gasteiger partial charge is 0.197 e. The number of benzene rings is 3. The van der Waals surface area contributed by atoms with Crippen molar-refractivity contribution in [3.8, 4) is 17.1 Å². The Hall–Kier alpha value is -3.12.